The van der Waals surface area contributed by atoms with Crippen molar-refractivity contribution in [3.8, 4) is 21.8 Å². The molecule has 1 aliphatic rings. The highest BCUT2D eigenvalue weighted by molar-refractivity contribution is 7.90. The maximum absolute atomic E-state index is 15.9. The summed E-state index contributed by atoms with van der Waals surface area (Å²) in [5.41, 5.74) is 0.577. The number of hydrogen-bond acceptors (Lipinski definition) is 9. The van der Waals surface area contributed by atoms with Gasteiger partial charge < -0.3 is 15.4 Å². The second-order valence-corrected chi connectivity index (χ2v) is 13.2. The zero-order chi connectivity index (χ0) is 29.1. The SMILES string of the molecule is COC(=O)N[C@@H](C)CNc1nccc(-c2sc(C(C)(C)C)nc2-c2cccc(NS(=O)(=O)N3CCCC3)c2F)n1. The quantitative estimate of drug-likeness (QED) is 0.328. The molecular weight excluding hydrogens is 557 g/mol. The predicted octanol–water partition coefficient (Wildman–Crippen LogP) is 4.61. The van der Waals surface area contributed by atoms with Gasteiger partial charge in [-0.2, -0.15) is 12.7 Å². The highest BCUT2D eigenvalue weighted by Crippen LogP contribution is 2.42. The van der Waals surface area contributed by atoms with E-state index in [-0.39, 0.29) is 22.7 Å². The Kier molecular flexibility index (Phi) is 8.90. The molecule has 1 atom stereocenters. The third-order valence-electron chi connectivity index (χ3n) is 6.17. The number of rotatable bonds is 9. The summed E-state index contributed by atoms with van der Waals surface area (Å²) >= 11 is 1.39. The summed E-state index contributed by atoms with van der Waals surface area (Å²) in [6, 6.07) is 6.03. The molecule has 3 aromatic rings. The van der Waals surface area contributed by atoms with Crippen molar-refractivity contribution < 1.29 is 22.3 Å². The van der Waals surface area contributed by atoms with Crippen molar-refractivity contribution in [1.82, 2.24) is 24.6 Å². The molecule has 2 aromatic heterocycles. The van der Waals surface area contributed by atoms with Gasteiger partial charge in [-0.1, -0.05) is 26.8 Å². The van der Waals surface area contributed by atoms with E-state index in [1.165, 1.54) is 28.8 Å². The van der Waals surface area contributed by atoms with Crippen LogP contribution in [0.1, 0.15) is 45.5 Å². The fourth-order valence-corrected chi connectivity index (χ4v) is 6.46. The number of anilines is 2. The largest absolute Gasteiger partial charge is 0.453 e. The van der Waals surface area contributed by atoms with E-state index in [9.17, 15) is 13.2 Å². The molecule has 1 saturated heterocycles. The van der Waals surface area contributed by atoms with E-state index in [0.29, 0.717) is 41.8 Å². The van der Waals surface area contributed by atoms with Crippen LogP contribution in [0.2, 0.25) is 0 Å². The maximum Gasteiger partial charge on any atom is 0.407 e. The summed E-state index contributed by atoms with van der Waals surface area (Å²) in [5, 5.41) is 6.52. The number of aromatic nitrogens is 3. The van der Waals surface area contributed by atoms with E-state index in [0.717, 1.165) is 17.8 Å². The average Bonchev–Trinajstić information content (AvgIpc) is 3.60. The summed E-state index contributed by atoms with van der Waals surface area (Å²) in [4.78, 5) is 25.8. The average molecular weight is 592 g/mol. The number of amides is 1. The van der Waals surface area contributed by atoms with Gasteiger partial charge in [0.05, 0.1) is 34.1 Å². The molecule has 14 heteroatoms. The van der Waals surface area contributed by atoms with Gasteiger partial charge in [-0.3, -0.25) is 4.72 Å². The predicted molar refractivity (Wildman–Crippen MR) is 154 cm³/mol. The summed E-state index contributed by atoms with van der Waals surface area (Å²) in [7, 11) is -2.59. The molecule has 0 spiro atoms. The molecule has 11 nitrogen and oxygen atoms in total. The summed E-state index contributed by atoms with van der Waals surface area (Å²) in [6.07, 6.45) is 2.59. The smallest absolute Gasteiger partial charge is 0.407 e. The third-order valence-corrected chi connectivity index (χ3v) is 9.20. The molecule has 40 heavy (non-hydrogen) atoms. The van der Waals surface area contributed by atoms with E-state index >= 15 is 4.39 Å². The first-order valence-electron chi connectivity index (χ1n) is 12.9. The van der Waals surface area contributed by atoms with Gasteiger partial charge in [0.1, 0.15) is 0 Å². The van der Waals surface area contributed by atoms with Crippen LogP contribution in [0.25, 0.3) is 21.8 Å². The Bertz CT molecular complexity index is 1470. The Morgan fingerprint density at radius 2 is 1.93 bits per heavy atom. The van der Waals surface area contributed by atoms with Gasteiger partial charge in [-0.15, -0.1) is 11.3 Å². The zero-order valence-electron chi connectivity index (χ0n) is 23.1. The van der Waals surface area contributed by atoms with Crippen molar-refractivity contribution in [3.05, 3.63) is 41.3 Å². The van der Waals surface area contributed by atoms with Crippen molar-refractivity contribution in [3.63, 3.8) is 0 Å². The molecule has 1 aromatic carbocycles. The Hall–Kier alpha value is -3.36. The van der Waals surface area contributed by atoms with Crippen LogP contribution in [0, 0.1) is 5.82 Å². The van der Waals surface area contributed by atoms with Crippen molar-refractivity contribution >= 4 is 39.3 Å². The molecule has 4 rings (SSSR count). The molecule has 0 radical (unpaired) electrons. The van der Waals surface area contributed by atoms with E-state index in [4.69, 9.17) is 4.98 Å². The van der Waals surface area contributed by atoms with Gasteiger partial charge in [-0.25, -0.2) is 24.1 Å². The second kappa shape index (κ2) is 12.0. The molecular formula is C26H34FN7O4S2. The highest BCUT2D eigenvalue weighted by Gasteiger charge is 2.29. The number of methoxy groups -OCH3 is 1. The van der Waals surface area contributed by atoms with Gasteiger partial charge in [0.2, 0.25) is 5.95 Å². The number of halogens is 1. The van der Waals surface area contributed by atoms with Gasteiger partial charge in [0.15, 0.2) is 5.82 Å². The van der Waals surface area contributed by atoms with Crippen LogP contribution in [-0.2, 0) is 20.4 Å². The molecule has 1 amide bonds. The number of carbonyl (C=O) groups excluding carboxylic acids is 1. The fourth-order valence-electron chi connectivity index (χ4n) is 4.05. The number of benzene rings is 1. The lowest BCUT2D eigenvalue weighted by Crippen LogP contribution is -2.37. The number of carbonyl (C=O) groups is 1. The molecule has 3 heterocycles. The first-order chi connectivity index (χ1) is 18.9. The van der Waals surface area contributed by atoms with Crippen molar-refractivity contribution in [2.75, 3.05) is 36.8 Å². The molecule has 3 N–H and O–H groups in total. The van der Waals surface area contributed by atoms with Crippen molar-refractivity contribution in [2.45, 2.75) is 52.0 Å². The van der Waals surface area contributed by atoms with Crippen LogP contribution >= 0.6 is 11.3 Å². The van der Waals surface area contributed by atoms with Crippen LogP contribution in [0.4, 0.5) is 20.8 Å². The molecule has 1 fully saturated rings. The van der Waals surface area contributed by atoms with E-state index in [1.807, 2.05) is 20.8 Å². The van der Waals surface area contributed by atoms with Crippen LogP contribution in [0.15, 0.2) is 30.5 Å². The normalized spacial score (nSPS) is 15.1. The van der Waals surface area contributed by atoms with Gasteiger partial charge >= 0.3 is 16.3 Å². The summed E-state index contributed by atoms with van der Waals surface area (Å²) < 4.78 is 49.9. The summed E-state index contributed by atoms with van der Waals surface area (Å²) in [5.74, 6) is -0.396. The number of hydrogen-bond donors (Lipinski definition) is 3. The number of ether oxygens (including phenoxy) is 1. The molecule has 1 aliphatic heterocycles. The number of thiazole rings is 1. The first-order valence-corrected chi connectivity index (χ1v) is 15.1. The van der Waals surface area contributed by atoms with E-state index in [2.05, 4.69) is 30.1 Å². The number of alkyl carbamates (subject to hydrolysis) is 1. The number of nitrogens with zero attached hydrogens (tertiary/aromatic N) is 4. The Morgan fingerprint density at radius 1 is 1.20 bits per heavy atom. The molecule has 0 bridgehead atoms. The van der Waals surface area contributed by atoms with Crippen LogP contribution < -0.4 is 15.4 Å². The topological polar surface area (TPSA) is 138 Å². The lowest BCUT2D eigenvalue weighted by atomic mass is 9.98. The Balaban J connectivity index is 1.69. The van der Waals surface area contributed by atoms with Crippen LogP contribution in [0.3, 0.4) is 0 Å². The Morgan fingerprint density at radius 3 is 2.60 bits per heavy atom. The molecule has 0 saturated carbocycles. The monoisotopic (exact) mass is 591 g/mol. The van der Waals surface area contributed by atoms with E-state index in [1.54, 1.807) is 31.3 Å². The van der Waals surface area contributed by atoms with E-state index < -0.39 is 22.1 Å². The molecule has 0 aliphatic carbocycles. The third kappa shape index (κ3) is 6.85. The minimum absolute atomic E-state index is 0.141. The van der Waals surface area contributed by atoms with Crippen LogP contribution in [-0.4, -0.2) is 66.6 Å². The van der Waals surface area contributed by atoms with Crippen LogP contribution in [0.5, 0.6) is 0 Å². The highest BCUT2D eigenvalue weighted by atomic mass is 32.2. The minimum Gasteiger partial charge on any atom is -0.453 e. The van der Waals surface area contributed by atoms with Gasteiger partial charge in [0, 0.05) is 42.9 Å². The maximum atomic E-state index is 15.9. The molecule has 0 unspecified atom stereocenters. The lowest BCUT2D eigenvalue weighted by Gasteiger charge is -2.18. The standard InChI is InChI=1S/C26H34FN7O4S2/c1-16(30-25(35)38-5)15-29-24-28-12-11-19(31-24)22-21(32-23(39-22)26(2,3)4)17-9-8-10-18(20(17)27)33-40(36,37)34-13-6-7-14-34/h8-12,16,33H,6-7,13-15H2,1-5H3,(H,30,35)(H,28,29,31)/t16-/m0/s1. The van der Waals surface area contributed by atoms with Crippen molar-refractivity contribution in [2.24, 2.45) is 0 Å². The first kappa shape index (κ1) is 29.6. The second-order valence-electron chi connectivity index (χ2n) is 10.5. The summed E-state index contributed by atoms with van der Waals surface area (Å²) in [6.45, 7) is 9.00. The van der Waals surface area contributed by atoms with Gasteiger partial charge in [-0.05, 0) is 38.0 Å². The minimum atomic E-state index is -3.88. The van der Waals surface area contributed by atoms with Crippen molar-refractivity contribution in [1.29, 1.82) is 0 Å². The molecule has 216 valence electrons. The number of nitrogens with one attached hydrogen (secondary N) is 3. The lowest BCUT2D eigenvalue weighted by molar-refractivity contribution is 0.168. The Labute approximate surface area is 237 Å². The fraction of sp³-hybridized carbons (Fsp3) is 0.462. The van der Waals surface area contributed by atoms with Gasteiger partial charge in [0.25, 0.3) is 0 Å². The zero-order valence-corrected chi connectivity index (χ0v) is 24.7.